The molecule has 3 aromatic rings. The highest BCUT2D eigenvalue weighted by Crippen LogP contribution is 2.35. The molecule has 0 aliphatic heterocycles. The van der Waals surface area contributed by atoms with Gasteiger partial charge in [0.2, 0.25) is 0 Å². The lowest BCUT2D eigenvalue weighted by molar-refractivity contribution is 0.0147. The molecule has 0 aliphatic rings. The molecular weight excluding hydrogens is 769 g/mol. The normalized spacial score (nSPS) is 12.6. The van der Waals surface area contributed by atoms with Gasteiger partial charge in [-0.1, -0.05) is 59.7 Å². The Hall–Kier alpha value is -4.00. The van der Waals surface area contributed by atoms with E-state index in [0.717, 1.165) is 41.8 Å². The zero-order valence-corrected chi connectivity index (χ0v) is 39.7. The lowest BCUT2D eigenvalue weighted by Crippen LogP contribution is -2.44. The van der Waals surface area contributed by atoms with Crippen molar-refractivity contribution in [3.8, 4) is 11.1 Å². The lowest BCUT2D eigenvalue weighted by atomic mass is 10.0. The minimum atomic E-state index is -1.37. The van der Waals surface area contributed by atoms with E-state index in [4.69, 9.17) is 29.0 Å². The summed E-state index contributed by atoms with van der Waals surface area (Å²) >= 11 is 0. The summed E-state index contributed by atoms with van der Waals surface area (Å²) in [7, 11) is -1.18. The molecule has 14 nitrogen and oxygen atoms in total. The smallest absolute Gasteiger partial charge is 0.410 e. The number of amides is 3. The number of nitrogens with one attached hydrogen (secondary N) is 2. The number of hydrogen-bond acceptors (Lipinski definition) is 10. The number of urea groups is 1. The number of ether oxygens (including phenoxy) is 4. The number of carbonyl (C=O) groups is 2. The van der Waals surface area contributed by atoms with E-state index in [2.05, 4.69) is 80.2 Å². The molecule has 2 N–H and O–H groups in total. The van der Waals surface area contributed by atoms with Gasteiger partial charge in [0.05, 0.1) is 24.1 Å². The van der Waals surface area contributed by atoms with E-state index in [-0.39, 0.29) is 31.6 Å². The zero-order valence-electron chi connectivity index (χ0n) is 37.7. The predicted octanol–water partition coefficient (Wildman–Crippen LogP) is 9.34. The van der Waals surface area contributed by atoms with Crippen LogP contribution in [0.4, 0.5) is 21.2 Å². The van der Waals surface area contributed by atoms with Crippen LogP contribution in [0, 0.1) is 0 Å². The Balaban J connectivity index is 2.28. The quantitative estimate of drug-likeness (QED) is 0.0410. The van der Waals surface area contributed by atoms with Gasteiger partial charge in [0, 0.05) is 66.3 Å². The van der Waals surface area contributed by atoms with Crippen LogP contribution in [0.15, 0.2) is 31.1 Å². The highest BCUT2D eigenvalue weighted by atomic mass is 28.3. The Labute approximate surface area is 349 Å². The van der Waals surface area contributed by atoms with Crippen LogP contribution in [0.5, 0.6) is 0 Å². The minimum Gasteiger partial charge on any atom is -0.494 e. The van der Waals surface area contributed by atoms with Gasteiger partial charge in [-0.15, -0.1) is 0 Å². The highest BCUT2D eigenvalue weighted by Gasteiger charge is 2.30. The lowest BCUT2D eigenvalue weighted by Gasteiger charge is -2.33. The van der Waals surface area contributed by atoms with Crippen molar-refractivity contribution in [2.24, 2.45) is 0 Å². The third-order valence-electron chi connectivity index (χ3n) is 9.34. The second-order valence-corrected chi connectivity index (χ2v) is 29.3. The van der Waals surface area contributed by atoms with Crippen molar-refractivity contribution >= 4 is 51.3 Å². The number of carbonyl (C=O) groups excluding carboxylic acids is 2. The van der Waals surface area contributed by atoms with Gasteiger partial charge < -0.3 is 34.1 Å². The molecule has 0 saturated carbocycles. The van der Waals surface area contributed by atoms with E-state index >= 15 is 0 Å². The zero-order chi connectivity index (χ0) is 43.3. The van der Waals surface area contributed by atoms with Crippen LogP contribution in [0.25, 0.3) is 22.5 Å². The highest BCUT2D eigenvalue weighted by molar-refractivity contribution is 6.76. The van der Waals surface area contributed by atoms with Crippen LogP contribution in [0.2, 0.25) is 51.4 Å². The third kappa shape index (κ3) is 15.0. The van der Waals surface area contributed by atoms with E-state index in [1.54, 1.807) is 25.5 Å². The topological polar surface area (TPSA) is 145 Å². The van der Waals surface area contributed by atoms with E-state index in [9.17, 15) is 9.59 Å². The first-order valence-corrected chi connectivity index (χ1v) is 28.2. The molecule has 58 heavy (non-hydrogen) atoms. The number of fused-ring (bicyclic) bond motifs is 1. The number of aromatic nitrogens is 4. The summed E-state index contributed by atoms with van der Waals surface area (Å²) in [6, 6.07) is 5.20. The Bertz CT molecular complexity index is 1760. The Morgan fingerprint density at radius 2 is 1.60 bits per heavy atom. The van der Waals surface area contributed by atoms with Crippen molar-refractivity contribution < 1.29 is 28.5 Å². The van der Waals surface area contributed by atoms with Crippen molar-refractivity contribution in [1.82, 2.24) is 29.8 Å². The molecule has 0 spiro atoms. The fraction of sp³-hybridized carbons (Fsp3) is 0.643. The number of rotatable bonds is 23. The molecule has 3 amide bonds. The van der Waals surface area contributed by atoms with Crippen LogP contribution >= 0.6 is 0 Å². The fourth-order valence-corrected chi connectivity index (χ4v) is 7.69. The summed E-state index contributed by atoms with van der Waals surface area (Å²) in [4.78, 5) is 39.3. The minimum absolute atomic E-state index is 0.107. The first-order chi connectivity index (χ1) is 27.2. The SMILES string of the molecule is C=C(OCC)c1c(CC[C@@H](CC)N(CCC)C(=O)OC(C)(C)C)nc2c(-c3ccc(NC(=O)NC)nc3)cnn2c1N(COCC[Si](C)(C)C)COCC[Si](C)(C)C. The largest absolute Gasteiger partial charge is 0.494 e. The van der Waals surface area contributed by atoms with Gasteiger partial charge in [0.1, 0.15) is 36.5 Å². The average Bonchev–Trinajstić information content (AvgIpc) is 3.55. The van der Waals surface area contributed by atoms with Crippen molar-refractivity contribution in [2.75, 3.05) is 57.1 Å². The molecule has 324 valence electrons. The predicted molar refractivity (Wildman–Crippen MR) is 241 cm³/mol. The molecule has 3 heterocycles. The standard InChI is InChI=1S/C42H72N8O6Si2/c1-15-22-49(41(52)56-42(5,6)7)33(16-2)19-20-35-37(31(4)55-17-3)39(48(29-53-23-25-57(9,10)11)30-54-24-26-58(12,13)14)50-38(46-35)34(28-45-50)32-18-21-36(44-27-32)47-40(51)43-8/h18,21,27-28,33H,4,15-17,19-20,22-26,29-30H2,1-3,5-14H3,(H2,43,44,47,51)/t33-/m1/s1. The van der Waals surface area contributed by atoms with E-state index < -0.39 is 21.7 Å². The van der Waals surface area contributed by atoms with Crippen LogP contribution in [-0.4, -0.2) is 111 Å². The number of anilines is 2. The average molecular weight is 841 g/mol. The van der Waals surface area contributed by atoms with Crippen LogP contribution in [0.3, 0.4) is 0 Å². The summed E-state index contributed by atoms with van der Waals surface area (Å²) in [5.74, 6) is 1.57. The Kier molecular flexibility index (Phi) is 18.2. The number of hydrogen-bond donors (Lipinski definition) is 2. The second-order valence-electron chi connectivity index (χ2n) is 18.1. The number of pyridine rings is 1. The molecule has 0 unspecified atom stereocenters. The molecular formula is C42H72N8O6Si2. The fourth-order valence-electron chi connectivity index (χ4n) is 6.17. The van der Waals surface area contributed by atoms with Crippen molar-refractivity contribution in [3.63, 3.8) is 0 Å². The van der Waals surface area contributed by atoms with Gasteiger partial charge in [-0.2, -0.15) is 9.61 Å². The summed E-state index contributed by atoms with van der Waals surface area (Å²) < 4.78 is 26.8. The molecule has 3 aromatic heterocycles. The van der Waals surface area contributed by atoms with Gasteiger partial charge >= 0.3 is 12.1 Å². The first-order valence-electron chi connectivity index (χ1n) is 20.8. The molecule has 0 aromatic carbocycles. The van der Waals surface area contributed by atoms with Crippen molar-refractivity contribution in [2.45, 2.75) is 130 Å². The van der Waals surface area contributed by atoms with Gasteiger partial charge in [-0.3, -0.25) is 5.32 Å². The second kappa shape index (κ2) is 21.8. The van der Waals surface area contributed by atoms with Gasteiger partial charge in [-0.25, -0.2) is 19.6 Å². The maximum atomic E-state index is 13.6. The van der Waals surface area contributed by atoms with Crippen LogP contribution in [0.1, 0.15) is 72.1 Å². The Morgan fingerprint density at radius 1 is 0.966 bits per heavy atom. The summed E-state index contributed by atoms with van der Waals surface area (Å²) in [6.07, 6.45) is 5.82. The molecule has 0 saturated heterocycles. The van der Waals surface area contributed by atoms with E-state index in [1.807, 2.05) is 43.2 Å². The molecule has 0 radical (unpaired) electrons. The number of aryl methyl sites for hydroxylation is 1. The molecule has 0 aliphatic carbocycles. The third-order valence-corrected chi connectivity index (χ3v) is 12.8. The maximum absolute atomic E-state index is 13.6. The van der Waals surface area contributed by atoms with Crippen LogP contribution in [-0.2, 0) is 25.4 Å². The maximum Gasteiger partial charge on any atom is 0.410 e. The van der Waals surface area contributed by atoms with Gasteiger partial charge in [0.15, 0.2) is 5.65 Å². The molecule has 0 fully saturated rings. The monoisotopic (exact) mass is 841 g/mol. The van der Waals surface area contributed by atoms with E-state index in [0.29, 0.717) is 67.8 Å². The summed E-state index contributed by atoms with van der Waals surface area (Å²) in [5, 5.41) is 10.2. The molecule has 0 bridgehead atoms. The van der Waals surface area contributed by atoms with Crippen LogP contribution < -0.4 is 15.5 Å². The summed E-state index contributed by atoms with van der Waals surface area (Å²) in [6.45, 7) is 33.0. The van der Waals surface area contributed by atoms with Gasteiger partial charge in [-0.05, 0) is 77.6 Å². The van der Waals surface area contributed by atoms with E-state index in [1.165, 1.54) is 0 Å². The van der Waals surface area contributed by atoms with Crippen molar-refractivity contribution in [3.05, 3.63) is 42.4 Å². The number of nitrogens with zero attached hydrogens (tertiary/aromatic N) is 6. The summed E-state index contributed by atoms with van der Waals surface area (Å²) in [5.41, 5.74) is 2.97. The molecule has 1 atom stereocenters. The first kappa shape index (κ1) is 48.4. The Morgan fingerprint density at radius 3 is 2.10 bits per heavy atom. The van der Waals surface area contributed by atoms with Gasteiger partial charge in [0.25, 0.3) is 0 Å². The molecule has 3 rings (SSSR count). The molecule has 16 heteroatoms. The van der Waals surface area contributed by atoms with Crippen molar-refractivity contribution in [1.29, 1.82) is 0 Å².